The number of fused-ring (bicyclic) bond motifs is 1. The van der Waals surface area contributed by atoms with E-state index in [4.69, 9.17) is 0 Å². The van der Waals surface area contributed by atoms with E-state index in [1.54, 1.807) is 30.6 Å². The van der Waals surface area contributed by atoms with E-state index < -0.39 is 17.7 Å². The van der Waals surface area contributed by atoms with Gasteiger partial charge in [-0.1, -0.05) is 18.2 Å². The Morgan fingerprint density at radius 3 is 2.50 bits per heavy atom. The van der Waals surface area contributed by atoms with Crippen LogP contribution in [0.4, 0.5) is 8.78 Å². The first kappa shape index (κ1) is 12.7. The van der Waals surface area contributed by atoms with Gasteiger partial charge in [0.1, 0.15) is 17.7 Å². The van der Waals surface area contributed by atoms with Crippen molar-refractivity contribution < 1.29 is 13.9 Å². The highest BCUT2D eigenvalue weighted by Gasteiger charge is 2.15. The molecule has 0 bridgehead atoms. The van der Waals surface area contributed by atoms with Crippen molar-refractivity contribution in [3.8, 4) is 0 Å². The molecule has 1 aromatic heterocycles. The second kappa shape index (κ2) is 4.98. The Hall–Kier alpha value is -2.33. The van der Waals surface area contributed by atoms with Gasteiger partial charge in [0.05, 0.1) is 0 Å². The Labute approximate surface area is 114 Å². The predicted octanol–water partition coefficient (Wildman–Crippen LogP) is 3.59. The van der Waals surface area contributed by atoms with Crippen molar-refractivity contribution in [3.05, 3.63) is 77.6 Å². The smallest absolute Gasteiger partial charge is 0.126 e. The summed E-state index contributed by atoms with van der Waals surface area (Å²) in [4.78, 5) is 4.01. The van der Waals surface area contributed by atoms with Crippen molar-refractivity contribution in [1.82, 2.24) is 4.98 Å². The third-order valence-electron chi connectivity index (χ3n) is 3.21. The molecule has 0 radical (unpaired) electrons. The van der Waals surface area contributed by atoms with Gasteiger partial charge in [0.2, 0.25) is 0 Å². The Bertz CT molecular complexity index is 748. The highest BCUT2D eigenvalue weighted by molar-refractivity contribution is 5.85. The van der Waals surface area contributed by atoms with Gasteiger partial charge in [-0.05, 0) is 34.7 Å². The Kier molecular flexibility index (Phi) is 3.16. The monoisotopic (exact) mass is 271 g/mol. The highest BCUT2D eigenvalue weighted by atomic mass is 19.1. The van der Waals surface area contributed by atoms with Crippen molar-refractivity contribution in [2.45, 2.75) is 6.10 Å². The summed E-state index contributed by atoms with van der Waals surface area (Å²) in [5, 5.41) is 12.1. The summed E-state index contributed by atoms with van der Waals surface area (Å²) in [6.07, 6.45) is 2.20. The number of hydrogen-bond acceptors (Lipinski definition) is 2. The summed E-state index contributed by atoms with van der Waals surface area (Å²) >= 11 is 0. The van der Waals surface area contributed by atoms with Crippen LogP contribution in [0, 0.1) is 11.6 Å². The first-order valence-corrected chi connectivity index (χ1v) is 6.12. The zero-order valence-electron chi connectivity index (χ0n) is 10.4. The molecule has 3 aromatic rings. The van der Waals surface area contributed by atoms with Gasteiger partial charge < -0.3 is 5.11 Å². The molecule has 1 heterocycles. The number of aliphatic hydroxyl groups excluding tert-OH is 1. The predicted molar refractivity (Wildman–Crippen MR) is 72.2 cm³/mol. The fraction of sp³-hybridized carbons (Fsp3) is 0.0625. The molecule has 0 aliphatic rings. The van der Waals surface area contributed by atoms with Gasteiger partial charge in [-0.2, -0.15) is 0 Å². The fourth-order valence-electron chi connectivity index (χ4n) is 2.30. The zero-order chi connectivity index (χ0) is 14.1. The van der Waals surface area contributed by atoms with E-state index in [0.717, 1.165) is 29.0 Å². The molecule has 1 unspecified atom stereocenters. The quantitative estimate of drug-likeness (QED) is 0.772. The first-order chi connectivity index (χ1) is 9.65. The van der Waals surface area contributed by atoms with Crippen LogP contribution in [0.2, 0.25) is 0 Å². The van der Waals surface area contributed by atoms with Crippen LogP contribution < -0.4 is 0 Å². The van der Waals surface area contributed by atoms with Gasteiger partial charge in [0.15, 0.2) is 0 Å². The summed E-state index contributed by atoms with van der Waals surface area (Å²) in [5.41, 5.74) is 0.779. The van der Waals surface area contributed by atoms with Crippen LogP contribution in [0.5, 0.6) is 0 Å². The van der Waals surface area contributed by atoms with Gasteiger partial charge in [0, 0.05) is 23.8 Å². The van der Waals surface area contributed by atoms with E-state index in [0.29, 0.717) is 5.56 Å². The molecule has 100 valence electrons. The third kappa shape index (κ3) is 2.26. The molecule has 0 saturated heterocycles. The minimum Gasteiger partial charge on any atom is -0.384 e. The van der Waals surface area contributed by atoms with Crippen LogP contribution in [0.3, 0.4) is 0 Å². The maximum atomic E-state index is 13.3. The summed E-state index contributed by atoms with van der Waals surface area (Å²) in [7, 11) is 0. The number of halogens is 2. The number of aromatic nitrogens is 1. The fourth-order valence-corrected chi connectivity index (χ4v) is 2.30. The number of aliphatic hydroxyl groups is 1. The van der Waals surface area contributed by atoms with Crippen LogP contribution in [0.25, 0.3) is 10.8 Å². The molecule has 2 nitrogen and oxygen atoms in total. The van der Waals surface area contributed by atoms with E-state index in [1.807, 2.05) is 6.07 Å². The molecule has 1 atom stereocenters. The summed E-state index contributed by atoms with van der Waals surface area (Å²) in [5.74, 6) is -1.41. The molecule has 0 saturated carbocycles. The zero-order valence-corrected chi connectivity index (χ0v) is 10.4. The van der Waals surface area contributed by atoms with Gasteiger partial charge in [0.25, 0.3) is 0 Å². The lowest BCUT2D eigenvalue weighted by molar-refractivity contribution is 0.221. The molecule has 2 aromatic carbocycles. The molecule has 0 aliphatic carbocycles. The first-order valence-electron chi connectivity index (χ1n) is 6.12. The topological polar surface area (TPSA) is 33.1 Å². The average molecular weight is 271 g/mol. The van der Waals surface area contributed by atoms with Gasteiger partial charge in [-0.25, -0.2) is 8.78 Å². The molecule has 0 amide bonds. The molecule has 20 heavy (non-hydrogen) atoms. The van der Waals surface area contributed by atoms with Crippen LogP contribution >= 0.6 is 0 Å². The summed E-state index contributed by atoms with van der Waals surface area (Å²) in [6, 6.07) is 10.2. The Morgan fingerprint density at radius 2 is 1.75 bits per heavy atom. The normalized spacial score (nSPS) is 12.6. The van der Waals surface area contributed by atoms with Crippen molar-refractivity contribution in [3.63, 3.8) is 0 Å². The lowest BCUT2D eigenvalue weighted by Crippen LogP contribution is -2.02. The van der Waals surface area contributed by atoms with Crippen LogP contribution in [-0.2, 0) is 0 Å². The Morgan fingerprint density at radius 1 is 1.00 bits per heavy atom. The second-order valence-corrected chi connectivity index (χ2v) is 4.55. The summed E-state index contributed by atoms with van der Waals surface area (Å²) in [6.45, 7) is 0. The second-order valence-electron chi connectivity index (χ2n) is 4.55. The van der Waals surface area contributed by atoms with Crippen molar-refractivity contribution >= 4 is 10.8 Å². The molecule has 3 rings (SSSR count). The summed E-state index contributed by atoms with van der Waals surface area (Å²) < 4.78 is 26.5. The van der Waals surface area contributed by atoms with Crippen LogP contribution in [-0.4, -0.2) is 10.1 Å². The average Bonchev–Trinajstić information content (AvgIpc) is 2.45. The lowest BCUT2D eigenvalue weighted by Gasteiger charge is -2.14. The van der Waals surface area contributed by atoms with E-state index in [-0.39, 0.29) is 5.56 Å². The minimum atomic E-state index is -1.09. The number of nitrogens with zero attached hydrogens (tertiary/aromatic N) is 1. The Balaban J connectivity index is 2.15. The minimum absolute atomic E-state index is 0.187. The van der Waals surface area contributed by atoms with Crippen molar-refractivity contribution in [2.24, 2.45) is 0 Å². The molecule has 1 N–H and O–H groups in total. The molecular formula is C16H11F2NO. The van der Waals surface area contributed by atoms with Crippen LogP contribution in [0.1, 0.15) is 17.2 Å². The molecule has 0 fully saturated rings. The molecule has 0 aliphatic heterocycles. The van der Waals surface area contributed by atoms with E-state index in [2.05, 4.69) is 4.98 Å². The van der Waals surface area contributed by atoms with E-state index in [1.165, 1.54) is 0 Å². The van der Waals surface area contributed by atoms with Gasteiger partial charge in [-0.15, -0.1) is 0 Å². The van der Waals surface area contributed by atoms with Gasteiger partial charge in [-0.3, -0.25) is 4.98 Å². The lowest BCUT2D eigenvalue weighted by atomic mass is 9.97. The number of benzene rings is 2. The maximum absolute atomic E-state index is 13.3. The van der Waals surface area contributed by atoms with Crippen molar-refractivity contribution in [1.29, 1.82) is 0 Å². The number of rotatable bonds is 2. The van der Waals surface area contributed by atoms with E-state index in [9.17, 15) is 13.9 Å². The van der Waals surface area contributed by atoms with E-state index >= 15 is 0 Å². The van der Waals surface area contributed by atoms with Gasteiger partial charge >= 0.3 is 0 Å². The highest BCUT2D eigenvalue weighted by Crippen LogP contribution is 2.29. The van der Waals surface area contributed by atoms with Crippen LogP contribution in [0.15, 0.2) is 54.9 Å². The molecule has 0 spiro atoms. The SMILES string of the molecule is OC(c1cc(F)cc(F)c1)c1cccc2cnccc12. The number of pyridine rings is 1. The maximum Gasteiger partial charge on any atom is 0.126 e. The van der Waals surface area contributed by atoms with Crippen molar-refractivity contribution in [2.75, 3.05) is 0 Å². The number of hydrogen-bond donors (Lipinski definition) is 1. The third-order valence-corrected chi connectivity index (χ3v) is 3.21. The standard InChI is InChI=1S/C16H11F2NO/c17-12-6-11(7-13(18)8-12)16(20)15-3-1-2-10-9-19-5-4-14(10)15/h1-9,16,20H. The molecule has 4 heteroatoms. The largest absolute Gasteiger partial charge is 0.384 e. The molecular weight excluding hydrogens is 260 g/mol.